The molecule has 154 valence electrons. The minimum atomic E-state index is -1.20. The molecule has 1 spiro atoms. The zero-order valence-corrected chi connectivity index (χ0v) is 16.9. The lowest BCUT2D eigenvalue weighted by atomic mass is 9.47. The molecule has 3 fully saturated rings. The van der Waals surface area contributed by atoms with Crippen molar-refractivity contribution >= 4 is 17.5 Å². The number of ether oxygens (including phenoxy) is 2. The first-order chi connectivity index (χ1) is 13.6. The molecule has 5 rings (SSSR count). The first kappa shape index (κ1) is 18.9. The number of esters is 1. The van der Waals surface area contributed by atoms with Crippen molar-refractivity contribution in [2.24, 2.45) is 22.7 Å². The number of allylic oxidation sites excluding steroid dienone is 3. The molecule has 0 aromatic rings. The number of fused-ring (bicyclic) bond motifs is 3. The van der Waals surface area contributed by atoms with Crippen LogP contribution in [-0.4, -0.2) is 42.0 Å². The van der Waals surface area contributed by atoms with Gasteiger partial charge in [0.05, 0.1) is 6.10 Å². The highest BCUT2D eigenvalue weighted by Crippen LogP contribution is 2.74. The van der Waals surface area contributed by atoms with Gasteiger partial charge in [0.15, 0.2) is 18.2 Å². The topological polar surface area (TPSA) is 73.0 Å². The molecule has 4 aliphatic carbocycles. The number of halogens is 1. The second kappa shape index (κ2) is 5.75. The van der Waals surface area contributed by atoms with E-state index >= 15 is 4.39 Å². The van der Waals surface area contributed by atoms with Gasteiger partial charge in [-0.1, -0.05) is 19.1 Å². The Bertz CT molecular complexity index is 932. The number of epoxide rings is 1. The van der Waals surface area contributed by atoms with Gasteiger partial charge in [0.25, 0.3) is 0 Å². The molecule has 7 atom stereocenters. The normalized spacial score (nSPS) is 46.6. The average Bonchev–Trinajstić information content (AvgIpc) is 3.27. The first-order valence-corrected chi connectivity index (χ1v) is 10.3. The summed E-state index contributed by atoms with van der Waals surface area (Å²) >= 11 is 0. The number of ketones is 2. The fourth-order valence-corrected chi connectivity index (χ4v) is 6.89. The van der Waals surface area contributed by atoms with E-state index in [9.17, 15) is 14.4 Å². The van der Waals surface area contributed by atoms with Crippen LogP contribution in [-0.2, 0) is 23.9 Å². The van der Waals surface area contributed by atoms with Crippen molar-refractivity contribution in [2.45, 2.75) is 57.9 Å². The summed E-state index contributed by atoms with van der Waals surface area (Å²) in [6, 6.07) is 0. The van der Waals surface area contributed by atoms with E-state index in [0.29, 0.717) is 30.4 Å². The predicted octanol–water partition coefficient (Wildman–Crippen LogP) is 3.04. The second-order valence-corrected chi connectivity index (χ2v) is 9.53. The number of carbonyl (C=O) groups is 3. The summed E-state index contributed by atoms with van der Waals surface area (Å²) in [7, 11) is 0. The SMILES string of the molecule is CC(=O)OCC(=O)C1=CC[C@H]2[C@@H]3CC(F)C4=CC(=O)C=C[C@]4(C)[C@]34OC4C[C@]12C. The third-order valence-electron chi connectivity index (χ3n) is 8.21. The highest BCUT2D eigenvalue weighted by Gasteiger charge is 2.79. The number of carbonyl (C=O) groups excluding carboxylic acids is 3. The summed E-state index contributed by atoms with van der Waals surface area (Å²) in [5.74, 6) is -0.795. The van der Waals surface area contributed by atoms with Gasteiger partial charge in [0, 0.05) is 23.3 Å². The van der Waals surface area contributed by atoms with Crippen LogP contribution >= 0.6 is 0 Å². The third-order valence-corrected chi connectivity index (χ3v) is 8.21. The van der Waals surface area contributed by atoms with Gasteiger partial charge < -0.3 is 9.47 Å². The van der Waals surface area contributed by atoms with Crippen LogP contribution in [0.5, 0.6) is 0 Å². The molecule has 0 aromatic heterocycles. The maximum Gasteiger partial charge on any atom is 0.303 e. The van der Waals surface area contributed by atoms with Crippen molar-refractivity contribution < 1.29 is 28.2 Å². The molecule has 0 N–H and O–H groups in total. The van der Waals surface area contributed by atoms with Crippen LogP contribution < -0.4 is 0 Å². The Morgan fingerprint density at radius 2 is 2.07 bits per heavy atom. The van der Waals surface area contributed by atoms with Crippen LogP contribution in [0.25, 0.3) is 0 Å². The number of alkyl halides is 1. The van der Waals surface area contributed by atoms with Crippen LogP contribution in [0.15, 0.2) is 35.5 Å². The van der Waals surface area contributed by atoms with Crippen LogP contribution in [0.3, 0.4) is 0 Å². The molecule has 1 heterocycles. The fourth-order valence-electron chi connectivity index (χ4n) is 6.89. The maximum atomic E-state index is 15.3. The minimum absolute atomic E-state index is 0.0449. The van der Waals surface area contributed by atoms with Gasteiger partial charge in [-0.3, -0.25) is 14.4 Å². The van der Waals surface area contributed by atoms with Gasteiger partial charge in [-0.05, 0) is 55.7 Å². The van der Waals surface area contributed by atoms with Crippen molar-refractivity contribution in [3.8, 4) is 0 Å². The monoisotopic (exact) mass is 400 g/mol. The Morgan fingerprint density at radius 3 is 2.79 bits per heavy atom. The predicted molar refractivity (Wildman–Crippen MR) is 101 cm³/mol. The van der Waals surface area contributed by atoms with Gasteiger partial charge in [-0.15, -0.1) is 0 Å². The number of hydrogen-bond donors (Lipinski definition) is 0. The summed E-state index contributed by atoms with van der Waals surface area (Å²) in [5, 5.41) is 0. The summed E-state index contributed by atoms with van der Waals surface area (Å²) < 4.78 is 26.6. The van der Waals surface area contributed by atoms with Gasteiger partial charge in [0.2, 0.25) is 0 Å². The number of rotatable bonds is 3. The van der Waals surface area contributed by atoms with E-state index in [1.165, 1.54) is 19.1 Å². The van der Waals surface area contributed by atoms with Crippen molar-refractivity contribution in [1.29, 1.82) is 0 Å². The minimum Gasteiger partial charge on any atom is -0.457 e. The average molecular weight is 400 g/mol. The van der Waals surface area contributed by atoms with Crippen LogP contribution in [0.2, 0.25) is 0 Å². The van der Waals surface area contributed by atoms with Crippen molar-refractivity contribution in [3.63, 3.8) is 0 Å². The molecule has 0 aromatic carbocycles. The summed E-state index contributed by atoms with van der Waals surface area (Å²) in [6.45, 7) is 5.07. The molecular formula is C23H25FO5. The molecule has 29 heavy (non-hydrogen) atoms. The number of hydrogen-bond acceptors (Lipinski definition) is 5. The third kappa shape index (κ3) is 2.26. The van der Waals surface area contributed by atoms with Gasteiger partial charge in [-0.25, -0.2) is 4.39 Å². The molecular weight excluding hydrogens is 375 g/mol. The van der Waals surface area contributed by atoms with E-state index < -0.39 is 28.6 Å². The lowest BCUT2D eigenvalue weighted by Gasteiger charge is -2.54. The summed E-state index contributed by atoms with van der Waals surface area (Å²) in [4.78, 5) is 35.8. The molecule has 6 heteroatoms. The largest absolute Gasteiger partial charge is 0.457 e. The summed E-state index contributed by atoms with van der Waals surface area (Å²) in [5.41, 5.74) is -0.350. The molecule has 0 amide bonds. The molecule has 1 saturated heterocycles. The molecule has 5 nitrogen and oxygen atoms in total. The lowest BCUT2D eigenvalue weighted by Crippen LogP contribution is -2.59. The highest BCUT2D eigenvalue weighted by atomic mass is 19.1. The van der Waals surface area contributed by atoms with Gasteiger partial charge >= 0.3 is 5.97 Å². The lowest BCUT2D eigenvalue weighted by molar-refractivity contribution is -0.145. The smallest absolute Gasteiger partial charge is 0.303 e. The van der Waals surface area contributed by atoms with E-state index in [-0.39, 0.29) is 36.1 Å². The van der Waals surface area contributed by atoms with Crippen molar-refractivity contribution in [2.75, 3.05) is 6.61 Å². The van der Waals surface area contributed by atoms with E-state index in [1.807, 2.05) is 19.1 Å². The molecule has 5 aliphatic rings. The van der Waals surface area contributed by atoms with Crippen LogP contribution in [0.4, 0.5) is 4.39 Å². The van der Waals surface area contributed by atoms with E-state index in [2.05, 4.69) is 6.92 Å². The highest BCUT2D eigenvalue weighted by molar-refractivity contribution is 6.01. The van der Waals surface area contributed by atoms with Crippen molar-refractivity contribution in [3.05, 3.63) is 35.5 Å². The number of Topliss-reactive ketones (excluding diaryl/α,β-unsaturated/α-hetero) is 1. The quantitative estimate of drug-likeness (QED) is 0.538. The zero-order valence-electron chi connectivity index (χ0n) is 16.9. The standard InChI is InChI=1S/C23H25FO5/c1-12(25)28-11-19(27)15-5-4-14-16-9-18(24)17-8-13(26)6-7-22(17,3)23(16)20(29-23)10-21(14,15)2/h5-8,14,16,18,20H,4,9-11H2,1-3H3/t14-,16-,18?,20?,21-,22-,23-/m0/s1. The fraction of sp³-hybridized carbons (Fsp3) is 0.609. The second-order valence-electron chi connectivity index (χ2n) is 9.53. The first-order valence-electron chi connectivity index (χ1n) is 10.3. The Balaban J connectivity index is 1.49. The Kier molecular flexibility index (Phi) is 3.75. The van der Waals surface area contributed by atoms with E-state index in [4.69, 9.17) is 9.47 Å². The van der Waals surface area contributed by atoms with Gasteiger partial charge in [-0.2, -0.15) is 0 Å². The van der Waals surface area contributed by atoms with Gasteiger partial charge in [0.1, 0.15) is 11.8 Å². The Labute approximate surface area is 169 Å². The zero-order chi connectivity index (χ0) is 20.8. The van der Waals surface area contributed by atoms with E-state index in [0.717, 1.165) is 0 Å². The summed E-state index contributed by atoms with van der Waals surface area (Å²) in [6.07, 6.45) is 7.14. The Morgan fingerprint density at radius 1 is 1.31 bits per heavy atom. The van der Waals surface area contributed by atoms with E-state index in [1.54, 1.807) is 0 Å². The maximum absolute atomic E-state index is 15.3. The molecule has 0 bridgehead atoms. The molecule has 1 aliphatic heterocycles. The van der Waals surface area contributed by atoms with Crippen LogP contribution in [0, 0.1) is 22.7 Å². The van der Waals surface area contributed by atoms with Crippen molar-refractivity contribution in [1.82, 2.24) is 0 Å². The Hall–Kier alpha value is -2.08. The molecule has 0 radical (unpaired) electrons. The molecule has 2 saturated carbocycles. The van der Waals surface area contributed by atoms with Crippen LogP contribution in [0.1, 0.15) is 40.0 Å². The molecule has 2 unspecified atom stereocenters.